The summed E-state index contributed by atoms with van der Waals surface area (Å²) in [5.41, 5.74) is 5.49. The first kappa shape index (κ1) is 21.1. The third kappa shape index (κ3) is 6.42. The Kier molecular flexibility index (Phi) is 7.94. The normalized spacial score (nSPS) is 21.7. The van der Waals surface area contributed by atoms with Crippen molar-refractivity contribution in [2.45, 2.75) is 51.7 Å². The zero-order valence-corrected chi connectivity index (χ0v) is 18.0. The monoisotopic (exact) mass is 402 g/mol. The lowest BCUT2D eigenvalue weighted by Crippen LogP contribution is -2.21. The molecule has 0 bridgehead atoms. The molecule has 2 atom stereocenters. The van der Waals surface area contributed by atoms with Crippen LogP contribution >= 0.6 is 0 Å². The molecule has 2 aromatic carbocycles. The van der Waals surface area contributed by atoms with E-state index in [1.165, 1.54) is 60.8 Å². The second kappa shape index (κ2) is 11.3. The van der Waals surface area contributed by atoms with Crippen molar-refractivity contribution in [2.75, 3.05) is 13.2 Å². The van der Waals surface area contributed by atoms with Crippen LogP contribution in [-0.2, 0) is 22.7 Å². The average molecular weight is 403 g/mol. The third-order valence-electron chi connectivity index (χ3n) is 6.56. The smallest absolute Gasteiger partial charge is 0.0721 e. The van der Waals surface area contributed by atoms with Crippen molar-refractivity contribution in [2.24, 2.45) is 11.8 Å². The predicted molar refractivity (Wildman–Crippen MR) is 123 cm³/mol. The fourth-order valence-electron chi connectivity index (χ4n) is 4.68. The zero-order chi connectivity index (χ0) is 20.4. The first-order valence-corrected chi connectivity index (χ1v) is 11.5. The summed E-state index contributed by atoms with van der Waals surface area (Å²) in [5.74, 6) is 1.68. The summed E-state index contributed by atoms with van der Waals surface area (Å²) in [5, 5.41) is 0. The van der Waals surface area contributed by atoms with Crippen LogP contribution in [0.25, 0.3) is 0 Å². The molecule has 0 spiro atoms. The Morgan fingerprint density at radius 2 is 1.00 bits per heavy atom. The van der Waals surface area contributed by atoms with Crippen molar-refractivity contribution in [3.63, 3.8) is 0 Å². The molecule has 30 heavy (non-hydrogen) atoms. The Labute approximate surface area is 181 Å². The molecule has 2 unspecified atom stereocenters. The molecule has 0 heterocycles. The van der Waals surface area contributed by atoms with Gasteiger partial charge in [-0.05, 0) is 72.6 Å². The van der Waals surface area contributed by atoms with E-state index >= 15 is 0 Å². The molecule has 0 saturated heterocycles. The van der Waals surface area contributed by atoms with Crippen LogP contribution in [0, 0.1) is 11.8 Å². The summed E-state index contributed by atoms with van der Waals surface area (Å²) in [6.07, 6.45) is 12.4. The van der Waals surface area contributed by atoms with Crippen molar-refractivity contribution in [3.8, 4) is 0 Å². The molecular formula is C28H34O2. The van der Waals surface area contributed by atoms with E-state index in [0.717, 1.165) is 25.0 Å². The van der Waals surface area contributed by atoms with Gasteiger partial charge in [-0.2, -0.15) is 0 Å². The van der Waals surface area contributed by atoms with Crippen molar-refractivity contribution in [1.82, 2.24) is 0 Å². The van der Waals surface area contributed by atoms with Crippen LogP contribution in [0.5, 0.6) is 0 Å². The summed E-state index contributed by atoms with van der Waals surface area (Å²) >= 11 is 0. The highest BCUT2D eigenvalue weighted by atomic mass is 16.5. The zero-order valence-electron chi connectivity index (χ0n) is 18.0. The highest BCUT2D eigenvalue weighted by Crippen LogP contribution is 2.37. The molecule has 2 aliphatic carbocycles. The predicted octanol–water partition coefficient (Wildman–Crippen LogP) is 6.87. The van der Waals surface area contributed by atoms with Gasteiger partial charge in [-0.15, -0.1) is 0 Å². The minimum absolute atomic E-state index is 0.712. The Hall–Kier alpha value is -2.16. The fourth-order valence-corrected chi connectivity index (χ4v) is 4.68. The Morgan fingerprint density at radius 3 is 1.37 bits per heavy atom. The second-order valence-corrected chi connectivity index (χ2v) is 8.75. The van der Waals surface area contributed by atoms with Crippen LogP contribution in [0.2, 0.25) is 0 Å². The quantitative estimate of drug-likeness (QED) is 0.426. The van der Waals surface area contributed by atoms with Crippen LogP contribution in [0.15, 0.2) is 84.0 Å². The number of hydrogen-bond acceptors (Lipinski definition) is 2. The van der Waals surface area contributed by atoms with Gasteiger partial charge in [0.05, 0.1) is 26.4 Å². The van der Waals surface area contributed by atoms with Crippen LogP contribution < -0.4 is 0 Å². The highest BCUT2D eigenvalue weighted by Gasteiger charge is 2.25. The van der Waals surface area contributed by atoms with E-state index in [4.69, 9.17) is 9.47 Å². The van der Waals surface area contributed by atoms with Gasteiger partial charge >= 0.3 is 0 Å². The van der Waals surface area contributed by atoms with E-state index in [1.54, 1.807) is 0 Å². The molecule has 0 aromatic heterocycles. The lowest BCUT2D eigenvalue weighted by Gasteiger charge is -2.32. The molecule has 2 aliphatic rings. The van der Waals surface area contributed by atoms with Gasteiger partial charge in [-0.1, -0.05) is 72.8 Å². The molecule has 0 radical (unpaired) electrons. The Bertz CT molecular complexity index is 751. The van der Waals surface area contributed by atoms with Crippen LogP contribution in [-0.4, -0.2) is 13.2 Å². The molecule has 4 rings (SSSR count). The van der Waals surface area contributed by atoms with Gasteiger partial charge in [0.1, 0.15) is 0 Å². The summed E-state index contributed by atoms with van der Waals surface area (Å²) < 4.78 is 11.9. The van der Waals surface area contributed by atoms with E-state index < -0.39 is 0 Å². The summed E-state index contributed by atoms with van der Waals surface area (Å²) in [4.78, 5) is 0. The number of ether oxygens (including phenoxy) is 2. The molecule has 0 aliphatic heterocycles. The van der Waals surface area contributed by atoms with Gasteiger partial charge in [-0.3, -0.25) is 0 Å². The van der Waals surface area contributed by atoms with Crippen molar-refractivity contribution < 1.29 is 9.47 Å². The molecule has 0 amide bonds. The number of benzene rings is 2. The van der Waals surface area contributed by atoms with Crippen molar-refractivity contribution in [1.29, 1.82) is 0 Å². The standard InChI is InChI=1S/C28H34O2/c1-3-7-23(8-4-1)19-29-21-25-11-15-27(16-12-25)28-17-13-26(14-18-28)22-30-20-24-9-5-2-6-10-24/h1-11,13,27-28H,12,14-22H2. The van der Waals surface area contributed by atoms with Crippen LogP contribution in [0.4, 0.5) is 0 Å². The molecule has 0 fully saturated rings. The van der Waals surface area contributed by atoms with E-state index in [1.807, 2.05) is 0 Å². The van der Waals surface area contributed by atoms with E-state index in [2.05, 4.69) is 72.8 Å². The molecule has 2 aromatic rings. The first-order chi connectivity index (χ1) is 14.9. The van der Waals surface area contributed by atoms with Gasteiger partial charge in [0.15, 0.2) is 0 Å². The number of hydrogen-bond donors (Lipinski definition) is 0. The average Bonchev–Trinajstić information content (AvgIpc) is 2.82. The van der Waals surface area contributed by atoms with E-state index in [9.17, 15) is 0 Å². The molecule has 0 saturated carbocycles. The van der Waals surface area contributed by atoms with Gasteiger partial charge in [0.25, 0.3) is 0 Å². The molecule has 2 heteroatoms. The Morgan fingerprint density at radius 1 is 0.567 bits per heavy atom. The largest absolute Gasteiger partial charge is 0.372 e. The highest BCUT2D eigenvalue weighted by molar-refractivity contribution is 5.15. The minimum atomic E-state index is 0.712. The van der Waals surface area contributed by atoms with Gasteiger partial charge in [0.2, 0.25) is 0 Å². The molecule has 0 N–H and O–H groups in total. The maximum atomic E-state index is 5.93. The van der Waals surface area contributed by atoms with Gasteiger partial charge < -0.3 is 9.47 Å². The van der Waals surface area contributed by atoms with Crippen LogP contribution in [0.3, 0.4) is 0 Å². The van der Waals surface area contributed by atoms with Gasteiger partial charge in [0, 0.05) is 0 Å². The summed E-state index contributed by atoms with van der Waals surface area (Å²) in [6.45, 7) is 3.00. The lowest BCUT2D eigenvalue weighted by atomic mass is 9.74. The second-order valence-electron chi connectivity index (χ2n) is 8.75. The summed E-state index contributed by atoms with van der Waals surface area (Å²) in [6, 6.07) is 20.9. The number of allylic oxidation sites excluding steroid dienone is 2. The van der Waals surface area contributed by atoms with Gasteiger partial charge in [-0.25, -0.2) is 0 Å². The van der Waals surface area contributed by atoms with Crippen molar-refractivity contribution in [3.05, 3.63) is 95.1 Å². The lowest BCUT2D eigenvalue weighted by molar-refractivity contribution is 0.134. The fraction of sp³-hybridized carbons (Fsp3) is 0.429. The maximum Gasteiger partial charge on any atom is 0.0721 e. The van der Waals surface area contributed by atoms with Crippen LogP contribution in [0.1, 0.15) is 49.7 Å². The molecule has 158 valence electrons. The molecular weight excluding hydrogens is 368 g/mol. The van der Waals surface area contributed by atoms with E-state index in [0.29, 0.717) is 13.2 Å². The first-order valence-electron chi connectivity index (χ1n) is 11.5. The molecule has 2 nitrogen and oxygen atoms in total. The van der Waals surface area contributed by atoms with E-state index in [-0.39, 0.29) is 0 Å². The maximum absolute atomic E-state index is 5.93. The van der Waals surface area contributed by atoms with Crippen molar-refractivity contribution >= 4 is 0 Å². The Balaban J connectivity index is 1.15. The topological polar surface area (TPSA) is 18.5 Å². The summed E-state index contributed by atoms with van der Waals surface area (Å²) in [7, 11) is 0. The number of rotatable bonds is 9. The third-order valence-corrected chi connectivity index (χ3v) is 6.56. The SMILES string of the molecule is C1=C(COCc2ccccc2)CCC(C2CC=C(COCc3ccccc3)CC2)C1. The minimum Gasteiger partial charge on any atom is -0.372 e.